The molecular formula is C13H18F3N3O. The van der Waals surface area contributed by atoms with Gasteiger partial charge in [-0.1, -0.05) is 6.07 Å². The molecule has 0 saturated carbocycles. The Morgan fingerprint density at radius 1 is 1.30 bits per heavy atom. The van der Waals surface area contributed by atoms with E-state index in [9.17, 15) is 18.0 Å². The molecule has 7 heteroatoms. The van der Waals surface area contributed by atoms with Gasteiger partial charge in [0.25, 0.3) is 0 Å². The topological polar surface area (TPSA) is 44.4 Å². The summed E-state index contributed by atoms with van der Waals surface area (Å²) in [5.41, 5.74) is -0.213. The van der Waals surface area contributed by atoms with Gasteiger partial charge in [-0.05, 0) is 24.7 Å². The van der Waals surface area contributed by atoms with E-state index < -0.39 is 11.7 Å². The number of benzene rings is 1. The van der Waals surface area contributed by atoms with E-state index in [4.69, 9.17) is 0 Å². The lowest BCUT2D eigenvalue weighted by atomic mass is 10.1. The molecule has 1 amide bonds. The van der Waals surface area contributed by atoms with Crippen molar-refractivity contribution in [2.45, 2.75) is 12.7 Å². The number of carbonyl (C=O) groups excluding carboxylic acids is 1. The van der Waals surface area contributed by atoms with Crippen LogP contribution < -0.4 is 15.5 Å². The van der Waals surface area contributed by atoms with E-state index in [0.717, 1.165) is 6.07 Å². The number of hydrogen-bond acceptors (Lipinski definition) is 3. The highest BCUT2D eigenvalue weighted by molar-refractivity contribution is 5.81. The first-order valence-corrected chi connectivity index (χ1v) is 6.06. The molecule has 0 fully saturated rings. The Labute approximate surface area is 116 Å². The fraction of sp³-hybridized carbons (Fsp3) is 0.462. The molecule has 0 unspecified atom stereocenters. The number of nitrogens with zero attached hydrogens (tertiary/aromatic N) is 1. The van der Waals surface area contributed by atoms with Gasteiger partial charge in [-0.25, -0.2) is 0 Å². The maximum absolute atomic E-state index is 13.1. The highest BCUT2D eigenvalue weighted by Crippen LogP contribution is 2.36. The lowest BCUT2D eigenvalue weighted by Crippen LogP contribution is -2.34. The molecule has 20 heavy (non-hydrogen) atoms. The minimum absolute atomic E-state index is 0.0130. The maximum atomic E-state index is 13.1. The first-order chi connectivity index (χ1) is 9.29. The average molecular weight is 289 g/mol. The molecule has 0 aromatic heterocycles. The van der Waals surface area contributed by atoms with Gasteiger partial charge in [0.1, 0.15) is 0 Å². The minimum atomic E-state index is -4.46. The smallest absolute Gasteiger partial charge is 0.365 e. The number of anilines is 1. The SMILES string of the molecule is CNCc1ccc(N(C)CC(=O)NC)c(C(F)(F)F)c1. The van der Waals surface area contributed by atoms with Crippen molar-refractivity contribution in [2.75, 3.05) is 32.6 Å². The highest BCUT2D eigenvalue weighted by Gasteiger charge is 2.34. The van der Waals surface area contributed by atoms with Crippen LogP contribution in [0.5, 0.6) is 0 Å². The first-order valence-electron chi connectivity index (χ1n) is 6.06. The van der Waals surface area contributed by atoms with Gasteiger partial charge < -0.3 is 15.5 Å². The van der Waals surface area contributed by atoms with E-state index in [2.05, 4.69) is 10.6 Å². The molecule has 0 aliphatic carbocycles. The Kier molecular flexibility index (Phi) is 5.38. The van der Waals surface area contributed by atoms with E-state index in [1.807, 2.05) is 0 Å². The monoisotopic (exact) mass is 289 g/mol. The van der Waals surface area contributed by atoms with Crippen molar-refractivity contribution in [3.05, 3.63) is 29.3 Å². The Balaban J connectivity index is 3.14. The van der Waals surface area contributed by atoms with E-state index in [1.54, 1.807) is 13.1 Å². The van der Waals surface area contributed by atoms with Crippen LogP contribution in [0.1, 0.15) is 11.1 Å². The van der Waals surface area contributed by atoms with Gasteiger partial charge in [0, 0.05) is 26.3 Å². The second-order valence-corrected chi connectivity index (χ2v) is 4.41. The molecule has 4 nitrogen and oxygen atoms in total. The van der Waals surface area contributed by atoms with Crippen LogP contribution in [-0.2, 0) is 17.5 Å². The summed E-state index contributed by atoms with van der Waals surface area (Å²) >= 11 is 0. The van der Waals surface area contributed by atoms with Gasteiger partial charge in [-0.2, -0.15) is 13.2 Å². The van der Waals surface area contributed by atoms with Crippen molar-refractivity contribution >= 4 is 11.6 Å². The number of hydrogen-bond donors (Lipinski definition) is 2. The Morgan fingerprint density at radius 2 is 1.95 bits per heavy atom. The maximum Gasteiger partial charge on any atom is 0.418 e. The van der Waals surface area contributed by atoms with Gasteiger partial charge >= 0.3 is 6.18 Å². The minimum Gasteiger partial charge on any atom is -0.365 e. The summed E-state index contributed by atoms with van der Waals surface area (Å²) in [6, 6.07) is 4.10. The quantitative estimate of drug-likeness (QED) is 0.865. The van der Waals surface area contributed by atoms with Gasteiger partial charge in [-0.15, -0.1) is 0 Å². The molecular weight excluding hydrogens is 271 g/mol. The van der Waals surface area contributed by atoms with Crippen molar-refractivity contribution in [3.8, 4) is 0 Å². The lowest BCUT2D eigenvalue weighted by molar-refractivity contribution is -0.137. The summed E-state index contributed by atoms with van der Waals surface area (Å²) in [4.78, 5) is 12.6. The van der Waals surface area contributed by atoms with Crippen LogP contribution in [0.25, 0.3) is 0 Å². The number of nitrogens with one attached hydrogen (secondary N) is 2. The predicted octanol–water partition coefficient (Wildman–Crippen LogP) is 1.61. The summed E-state index contributed by atoms with van der Waals surface area (Å²) in [5, 5.41) is 5.19. The van der Waals surface area contributed by atoms with Crippen LogP contribution in [0.3, 0.4) is 0 Å². The molecule has 1 aromatic carbocycles. The lowest BCUT2D eigenvalue weighted by Gasteiger charge is -2.23. The second kappa shape index (κ2) is 6.60. The van der Waals surface area contributed by atoms with E-state index >= 15 is 0 Å². The summed E-state index contributed by atoms with van der Waals surface area (Å²) in [5.74, 6) is -0.347. The fourth-order valence-corrected chi connectivity index (χ4v) is 1.84. The highest BCUT2D eigenvalue weighted by atomic mass is 19.4. The van der Waals surface area contributed by atoms with Crippen LogP contribution in [0.2, 0.25) is 0 Å². The van der Waals surface area contributed by atoms with Crippen LogP contribution in [0, 0.1) is 0 Å². The standard InChI is InChI=1S/C13H18F3N3O/c1-17-7-9-4-5-11(10(6-9)13(14,15)16)19(3)8-12(20)18-2/h4-6,17H,7-8H2,1-3H3,(H,18,20). The summed E-state index contributed by atoms with van der Waals surface area (Å²) in [6.07, 6.45) is -4.46. The molecule has 0 spiro atoms. The zero-order valence-electron chi connectivity index (χ0n) is 11.6. The van der Waals surface area contributed by atoms with Crippen molar-refractivity contribution < 1.29 is 18.0 Å². The molecule has 112 valence electrons. The number of amides is 1. The number of halogens is 3. The molecule has 0 atom stereocenters. The van der Waals surface area contributed by atoms with E-state index in [0.29, 0.717) is 12.1 Å². The number of rotatable bonds is 5. The van der Waals surface area contributed by atoms with Gasteiger partial charge in [0.05, 0.1) is 12.1 Å². The summed E-state index contributed by atoms with van der Waals surface area (Å²) < 4.78 is 39.3. The number of carbonyl (C=O) groups is 1. The third kappa shape index (κ3) is 4.12. The third-order valence-corrected chi connectivity index (χ3v) is 2.82. The average Bonchev–Trinajstić information content (AvgIpc) is 2.37. The van der Waals surface area contributed by atoms with E-state index in [-0.39, 0.29) is 18.1 Å². The Morgan fingerprint density at radius 3 is 2.45 bits per heavy atom. The fourth-order valence-electron chi connectivity index (χ4n) is 1.84. The molecule has 1 rings (SSSR count). The molecule has 0 aliphatic rings. The Bertz CT molecular complexity index is 474. The van der Waals surface area contributed by atoms with Crippen LogP contribution in [0.15, 0.2) is 18.2 Å². The molecule has 0 saturated heterocycles. The predicted molar refractivity (Wildman–Crippen MR) is 71.5 cm³/mol. The molecule has 0 bridgehead atoms. The molecule has 2 N–H and O–H groups in total. The van der Waals surface area contributed by atoms with Gasteiger partial charge in [0.2, 0.25) is 5.91 Å². The van der Waals surface area contributed by atoms with Gasteiger partial charge in [0.15, 0.2) is 0 Å². The molecule has 1 aromatic rings. The summed E-state index contributed by atoms with van der Waals surface area (Å²) in [7, 11) is 4.56. The molecule has 0 heterocycles. The number of alkyl halides is 3. The first kappa shape index (κ1) is 16.3. The van der Waals surface area contributed by atoms with Crippen molar-refractivity contribution in [2.24, 2.45) is 0 Å². The zero-order valence-corrected chi connectivity index (χ0v) is 11.6. The van der Waals surface area contributed by atoms with Crippen LogP contribution >= 0.6 is 0 Å². The normalized spacial score (nSPS) is 11.3. The van der Waals surface area contributed by atoms with Gasteiger partial charge in [-0.3, -0.25) is 4.79 Å². The molecule has 0 aliphatic heterocycles. The summed E-state index contributed by atoms with van der Waals surface area (Å²) in [6.45, 7) is 0.216. The third-order valence-electron chi connectivity index (χ3n) is 2.82. The largest absolute Gasteiger partial charge is 0.418 e. The van der Waals surface area contributed by atoms with Crippen molar-refractivity contribution in [1.29, 1.82) is 0 Å². The van der Waals surface area contributed by atoms with Crippen LogP contribution in [0.4, 0.5) is 18.9 Å². The van der Waals surface area contributed by atoms with Crippen LogP contribution in [-0.4, -0.2) is 33.6 Å². The number of likely N-dealkylation sites (N-methyl/N-ethyl adjacent to an activating group) is 2. The van der Waals surface area contributed by atoms with E-state index in [1.165, 1.54) is 25.1 Å². The Hall–Kier alpha value is -1.76. The van der Waals surface area contributed by atoms with Crippen molar-refractivity contribution in [3.63, 3.8) is 0 Å². The zero-order chi connectivity index (χ0) is 15.3. The van der Waals surface area contributed by atoms with Crippen molar-refractivity contribution in [1.82, 2.24) is 10.6 Å². The molecule has 0 radical (unpaired) electrons. The second-order valence-electron chi connectivity index (χ2n) is 4.41.